The van der Waals surface area contributed by atoms with Crippen LogP contribution in [0.25, 0.3) is 0 Å². The Labute approximate surface area is 141 Å². The van der Waals surface area contributed by atoms with E-state index in [1.807, 2.05) is 13.8 Å². The Morgan fingerprint density at radius 1 is 1.35 bits per heavy atom. The van der Waals surface area contributed by atoms with Gasteiger partial charge >= 0.3 is 0 Å². The third-order valence-electron chi connectivity index (χ3n) is 3.83. The molecule has 6 nitrogen and oxygen atoms in total. The van der Waals surface area contributed by atoms with Gasteiger partial charge in [0.1, 0.15) is 0 Å². The average molecular weight is 359 g/mol. The highest BCUT2D eigenvalue weighted by Gasteiger charge is 2.42. The first-order valence-electron chi connectivity index (χ1n) is 7.38. The lowest BCUT2D eigenvalue weighted by atomic mass is 10.1. The number of benzene rings is 1. The van der Waals surface area contributed by atoms with Crippen LogP contribution in [-0.2, 0) is 14.8 Å². The third kappa shape index (κ3) is 3.21. The van der Waals surface area contributed by atoms with Gasteiger partial charge in [-0.2, -0.15) is 0 Å². The number of hydrogen-bond donors (Lipinski definition) is 0. The van der Waals surface area contributed by atoms with Gasteiger partial charge in [-0.1, -0.05) is 18.5 Å². The molecule has 0 unspecified atom stereocenters. The van der Waals surface area contributed by atoms with Gasteiger partial charge in [-0.15, -0.1) is 0 Å². The molecule has 1 saturated heterocycles. The Morgan fingerprint density at radius 3 is 2.39 bits per heavy atom. The van der Waals surface area contributed by atoms with Gasteiger partial charge in [0.15, 0.2) is 0 Å². The van der Waals surface area contributed by atoms with E-state index in [1.54, 1.807) is 11.8 Å². The summed E-state index contributed by atoms with van der Waals surface area (Å²) in [6, 6.07) is 4.26. The predicted octanol–water partition coefficient (Wildman–Crippen LogP) is 2.13. The van der Waals surface area contributed by atoms with E-state index in [0.717, 1.165) is 4.31 Å². The van der Waals surface area contributed by atoms with Crippen LogP contribution >= 0.6 is 11.6 Å². The summed E-state index contributed by atoms with van der Waals surface area (Å²) in [5, 5.41) is 0.127. The van der Waals surface area contributed by atoms with Gasteiger partial charge in [0.25, 0.3) is 5.91 Å². The van der Waals surface area contributed by atoms with Crippen LogP contribution in [-0.4, -0.2) is 44.0 Å². The number of hydrogen-bond acceptors (Lipinski definition) is 4. The van der Waals surface area contributed by atoms with Crippen molar-refractivity contribution in [2.45, 2.75) is 20.8 Å². The lowest BCUT2D eigenvalue weighted by Crippen LogP contribution is -2.32. The minimum atomic E-state index is -3.68. The van der Waals surface area contributed by atoms with Crippen molar-refractivity contribution in [3.63, 3.8) is 0 Å². The molecule has 126 valence electrons. The monoisotopic (exact) mass is 358 g/mol. The summed E-state index contributed by atoms with van der Waals surface area (Å²) < 4.78 is 25.0. The van der Waals surface area contributed by atoms with Gasteiger partial charge in [-0.25, -0.2) is 12.7 Å². The van der Waals surface area contributed by atoms with Crippen LogP contribution in [0.15, 0.2) is 18.2 Å². The lowest BCUT2D eigenvalue weighted by Gasteiger charge is -2.20. The second-order valence-corrected chi connectivity index (χ2v) is 7.69. The molecule has 0 N–H and O–H groups in total. The fourth-order valence-corrected chi connectivity index (χ4v) is 4.64. The molecule has 1 fully saturated rings. The van der Waals surface area contributed by atoms with Crippen molar-refractivity contribution in [3.8, 4) is 0 Å². The first-order chi connectivity index (χ1) is 10.7. The quantitative estimate of drug-likeness (QED) is 0.826. The fraction of sp³-hybridized carbons (Fsp3) is 0.467. The molecule has 0 radical (unpaired) electrons. The largest absolute Gasteiger partial charge is 0.339 e. The van der Waals surface area contributed by atoms with E-state index >= 15 is 0 Å². The summed E-state index contributed by atoms with van der Waals surface area (Å²) in [7, 11) is -3.68. The zero-order valence-corrected chi connectivity index (χ0v) is 14.8. The van der Waals surface area contributed by atoms with Gasteiger partial charge in [-0.3, -0.25) is 9.59 Å². The topological polar surface area (TPSA) is 74.8 Å². The highest BCUT2D eigenvalue weighted by Crippen LogP contribution is 2.31. The van der Waals surface area contributed by atoms with Crippen LogP contribution in [0.3, 0.4) is 0 Å². The van der Waals surface area contributed by atoms with Crippen LogP contribution in [0.4, 0.5) is 5.69 Å². The summed E-state index contributed by atoms with van der Waals surface area (Å²) in [5.74, 6) is -1.51. The Morgan fingerprint density at radius 2 is 1.96 bits per heavy atom. The third-order valence-corrected chi connectivity index (χ3v) is 6.01. The standard InChI is InChI=1S/C15H19ClN2O4S/c1-4-17(5-2)15(20)12-7-6-11(8-13(12)16)18-14(19)10(3)9-23(18,21)22/h6-8,10H,4-5,9H2,1-3H3/t10-/m0/s1. The zero-order valence-electron chi connectivity index (χ0n) is 13.2. The van der Waals surface area contributed by atoms with Gasteiger partial charge in [0.2, 0.25) is 15.9 Å². The number of amides is 2. The molecule has 1 atom stereocenters. The predicted molar refractivity (Wildman–Crippen MR) is 89.1 cm³/mol. The van der Waals surface area contributed by atoms with Crippen molar-refractivity contribution in [3.05, 3.63) is 28.8 Å². The molecule has 0 spiro atoms. The maximum Gasteiger partial charge on any atom is 0.255 e. The van der Waals surface area contributed by atoms with E-state index in [-0.39, 0.29) is 27.9 Å². The highest BCUT2D eigenvalue weighted by atomic mass is 35.5. The van der Waals surface area contributed by atoms with Crippen LogP contribution in [0, 0.1) is 5.92 Å². The highest BCUT2D eigenvalue weighted by molar-refractivity contribution is 7.94. The number of nitrogens with zero attached hydrogens (tertiary/aromatic N) is 2. The second-order valence-electron chi connectivity index (χ2n) is 5.42. The van der Waals surface area contributed by atoms with Crippen molar-refractivity contribution in [1.29, 1.82) is 0 Å². The molecular weight excluding hydrogens is 340 g/mol. The molecular formula is C15H19ClN2O4S. The Hall–Kier alpha value is -1.60. The lowest BCUT2D eigenvalue weighted by molar-refractivity contribution is -0.119. The second kappa shape index (κ2) is 6.49. The van der Waals surface area contributed by atoms with Crippen molar-refractivity contribution in [2.24, 2.45) is 5.92 Å². The molecule has 1 aromatic rings. The number of rotatable bonds is 4. The van der Waals surface area contributed by atoms with Gasteiger partial charge in [-0.05, 0) is 32.0 Å². The van der Waals surface area contributed by atoms with Crippen LogP contribution < -0.4 is 4.31 Å². The molecule has 0 aliphatic carbocycles. The summed E-state index contributed by atoms with van der Waals surface area (Å²) in [4.78, 5) is 26.0. The Balaban J connectivity index is 2.41. The molecule has 1 aliphatic rings. The fourth-order valence-electron chi connectivity index (χ4n) is 2.57. The van der Waals surface area contributed by atoms with E-state index in [1.165, 1.54) is 18.2 Å². The normalized spacial score (nSPS) is 19.9. The minimum absolute atomic E-state index is 0.127. The number of sulfonamides is 1. The molecule has 1 heterocycles. The smallest absolute Gasteiger partial charge is 0.255 e. The van der Waals surface area contributed by atoms with Crippen LogP contribution in [0.2, 0.25) is 5.02 Å². The summed E-state index contributed by atoms with van der Waals surface area (Å²) >= 11 is 6.16. The van der Waals surface area contributed by atoms with Crippen LogP contribution in [0.1, 0.15) is 31.1 Å². The van der Waals surface area contributed by atoms with Gasteiger partial charge in [0, 0.05) is 13.1 Å². The zero-order chi connectivity index (χ0) is 17.4. The minimum Gasteiger partial charge on any atom is -0.339 e. The number of halogens is 1. The van der Waals surface area contributed by atoms with Gasteiger partial charge < -0.3 is 4.90 Å². The number of carbonyl (C=O) groups is 2. The average Bonchev–Trinajstić information content (AvgIpc) is 2.68. The van der Waals surface area contributed by atoms with E-state index in [2.05, 4.69) is 0 Å². The molecule has 8 heteroatoms. The van der Waals surface area contributed by atoms with Crippen LogP contribution in [0.5, 0.6) is 0 Å². The molecule has 0 aromatic heterocycles. The molecule has 1 aromatic carbocycles. The molecule has 1 aliphatic heterocycles. The first kappa shape index (κ1) is 17.7. The first-order valence-corrected chi connectivity index (χ1v) is 9.37. The molecule has 2 amide bonds. The molecule has 23 heavy (non-hydrogen) atoms. The Kier molecular flexibility index (Phi) is 5.01. The van der Waals surface area contributed by atoms with Crippen molar-refractivity contribution < 1.29 is 18.0 Å². The molecule has 0 bridgehead atoms. The van der Waals surface area contributed by atoms with Gasteiger partial charge in [0.05, 0.1) is 27.9 Å². The summed E-state index contributed by atoms with van der Waals surface area (Å²) in [6.45, 7) is 6.38. The van der Waals surface area contributed by atoms with Crippen molar-refractivity contribution >= 4 is 39.1 Å². The SMILES string of the molecule is CCN(CC)C(=O)c1ccc(N2C(=O)[C@@H](C)CS2(=O)=O)cc1Cl. The van der Waals surface area contributed by atoms with Crippen molar-refractivity contribution in [2.75, 3.05) is 23.1 Å². The summed E-state index contributed by atoms with van der Waals surface area (Å²) in [6.07, 6.45) is 0. The van der Waals surface area contributed by atoms with E-state index in [0.29, 0.717) is 13.1 Å². The van der Waals surface area contributed by atoms with E-state index in [4.69, 9.17) is 11.6 Å². The van der Waals surface area contributed by atoms with E-state index in [9.17, 15) is 18.0 Å². The number of anilines is 1. The molecule has 2 rings (SSSR count). The van der Waals surface area contributed by atoms with E-state index < -0.39 is 21.8 Å². The summed E-state index contributed by atoms with van der Waals surface area (Å²) in [5.41, 5.74) is 0.455. The van der Waals surface area contributed by atoms with Crippen molar-refractivity contribution in [1.82, 2.24) is 4.90 Å². The maximum atomic E-state index is 12.3. The number of carbonyl (C=O) groups excluding carboxylic acids is 2. The maximum absolute atomic E-state index is 12.3. The Bertz CT molecular complexity index is 744. The molecule has 0 saturated carbocycles.